The Balaban J connectivity index is 2.43. The molecule has 0 fully saturated rings. The van der Waals surface area contributed by atoms with Crippen molar-refractivity contribution in [3.63, 3.8) is 0 Å². The first kappa shape index (κ1) is 17.3. The van der Waals surface area contributed by atoms with Crippen molar-refractivity contribution in [1.82, 2.24) is 0 Å². The lowest BCUT2D eigenvalue weighted by atomic mass is 9.96. The van der Waals surface area contributed by atoms with Crippen LogP contribution in [-0.4, -0.2) is 21.3 Å². The molecule has 0 aliphatic rings. The zero-order valence-electron chi connectivity index (χ0n) is 14.3. The Morgan fingerprint density at radius 1 is 1.00 bits per heavy atom. The number of ether oxygens (including phenoxy) is 2. The van der Waals surface area contributed by atoms with Gasteiger partial charge in [-0.2, -0.15) is 0 Å². The van der Waals surface area contributed by atoms with Crippen LogP contribution in [0.4, 0.5) is 4.79 Å². The first-order chi connectivity index (χ1) is 10.9. The lowest BCUT2D eigenvalue weighted by molar-refractivity contribution is 0.0668. The summed E-state index contributed by atoms with van der Waals surface area (Å²) in [7, 11) is -0.00485. The van der Waals surface area contributed by atoms with Crippen LogP contribution in [0.1, 0.15) is 11.1 Å². The monoisotopic (exact) mass is 328 g/mol. The number of hydrogen-bond acceptors (Lipinski definition) is 3. The molecular formula is C19H24O3Si. The molecule has 0 aliphatic heterocycles. The first-order valence-corrected chi connectivity index (χ1v) is 11.5. The molecule has 0 radical (unpaired) electrons. The van der Waals surface area contributed by atoms with Gasteiger partial charge in [0.15, 0.2) is 0 Å². The van der Waals surface area contributed by atoms with Crippen LogP contribution < -0.4 is 0 Å². The van der Waals surface area contributed by atoms with Crippen LogP contribution in [0.3, 0.4) is 0 Å². The van der Waals surface area contributed by atoms with Crippen LogP contribution in [0, 0.1) is 0 Å². The molecule has 0 spiro atoms. The van der Waals surface area contributed by atoms with E-state index in [-0.39, 0.29) is 6.61 Å². The molecule has 0 amide bonds. The minimum atomic E-state index is -1.33. The van der Waals surface area contributed by atoms with Crippen molar-refractivity contribution in [2.75, 3.05) is 7.11 Å². The molecule has 0 atom stereocenters. The number of carbonyl (C=O) groups is 1. The van der Waals surface area contributed by atoms with E-state index in [0.29, 0.717) is 0 Å². The molecule has 0 N–H and O–H groups in total. The Bertz CT molecular complexity index is 660. The number of carbonyl (C=O) groups excluding carboxylic acids is 1. The van der Waals surface area contributed by atoms with E-state index in [1.165, 1.54) is 23.8 Å². The van der Waals surface area contributed by atoms with Crippen LogP contribution in [0.15, 0.2) is 48.5 Å². The van der Waals surface area contributed by atoms with Gasteiger partial charge in [0.05, 0.1) is 7.11 Å². The smallest absolute Gasteiger partial charge is 0.438 e. The summed E-state index contributed by atoms with van der Waals surface area (Å²) in [6.07, 6.45) is -0.644. The summed E-state index contributed by atoms with van der Waals surface area (Å²) in [5.41, 5.74) is 4.75. The van der Waals surface area contributed by atoms with Gasteiger partial charge < -0.3 is 9.47 Å². The zero-order valence-corrected chi connectivity index (χ0v) is 15.3. The molecule has 0 saturated heterocycles. The molecule has 23 heavy (non-hydrogen) atoms. The minimum absolute atomic E-state index is 0.243. The summed E-state index contributed by atoms with van der Waals surface area (Å²) in [5.74, 6) is 0. The fourth-order valence-electron chi connectivity index (χ4n) is 2.59. The Morgan fingerprint density at radius 2 is 1.70 bits per heavy atom. The summed E-state index contributed by atoms with van der Waals surface area (Å²) in [5, 5.41) is 0. The van der Waals surface area contributed by atoms with Crippen molar-refractivity contribution in [2.45, 2.75) is 32.3 Å². The van der Waals surface area contributed by atoms with E-state index in [9.17, 15) is 4.79 Å². The van der Waals surface area contributed by atoms with Crippen molar-refractivity contribution in [3.8, 4) is 11.1 Å². The molecule has 0 heterocycles. The molecule has 0 aromatic heterocycles. The second kappa shape index (κ2) is 7.46. The van der Waals surface area contributed by atoms with E-state index in [1.807, 2.05) is 30.3 Å². The van der Waals surface area contributed by atoms with Gasteiger partial charge in [0.25, 0.3) is 0 Å². The average Bonchev–Trinajstić information content (AvgIpc) is 2.53. The molecule has 2 rings (SSSR count). The molecular weight excluding hydrogens is 304 g/mol. The van der Waals surface area contributed by atoms with Gasteiger partial charge in [0.2, 0.25) is 0 Å². The van der Waals surface area contributed by atoms with Crippen LogP contribution >= 0.6 is 0 Å². The van der Waals surface area contributed by atoms with Crippen molar-refractivity contribution in [2.24, 2.45) is 0 Å². The lowest BCUT2D eigenvalue weighted by Gasteiger charge is -2.22. The number of rotatable bonds is 5. The van der Waals surface area contributed by atoms with Gasteiger partial charge in [-0.1, -0.05) is 68.2 Å². The molecule has 0 saturated carbocycles. The SMILES string of the molecule is COC(=O)OCc1cccc(-c2ccccc2)c1C[Si](C)(C)C. The first-order valence-electron chi connectivity index (χ1n) is 7.77. The largest absolute Gasteiger partial charge is 0.508 e. The fraction of sp³-hybridized carbons (Fsp3) is 0.316. The molecule has 4 heteroatoms. The maximum Gasteiger partial charge on any atom is 0.508 e. The highest BCUT2D eigenvalue weighted by molar-refractivity contribution is 6.75. The van der Waals surface area contributed by atoms with Gasteiger partial charge in [-0.05, 0) is 28.3 Å². The van der Waals surface area contributed by atoms with Crippen molar-refractivity contribution >= 4 is 14.2 Å². The molecule has 122 valence electrons. The minimum Gasteiger partial charge on any atom is -0.438 e. The predicted octanol–water partition coefficient (Wildman–Crippen LogP) is 5.06. The topological polar surface area (TPSA) is 35.5 Å². The third kappa shape index (κ3) is 4.96. The normalized spacial score (nSPS) is 11.1. The highest BCUT2D eigenvalue weighted by atomic mass is 28.3. The van der Waals surface area contributed by atoms with Gasteiger partial charge in [-0.25, -0.2) is 4.79 Å². The molecule has 0 unspecified atom stereocenters. The molecule has 0 bridgehead atoms. The van der Waals surface area contributed by atoms with Gasteiger partial charge >= 0.3 is 6.16 Å². The summed E-state index contributed by atoms with van der Waals surface area (Å²) in [6, 6.07) is 17.6. The lowest BCUT2D eigenvalue weighted by Crippen LogP contribution is -2.25. The Morgan fingerprint density at radius 3 is 2.30 bits per heavy atom. The maximum absolute atomic E-state index is 11.3. The van der Waals surface area contributed by atoms with Crippen LogP contribution in [-0.2, 0) is 22.1 Å². The second-order valence-corrected chi connectivity index (χ2v) is 12.3. The van der Waals surface area contributed by atoms with Gasteiger partial charge in [-0.3, -0.25) is 0 Å². The number of hydrogen-bond donors (Lipinski definition) is 0. The van der Waals surface area contributed by atoms with E-state index >= 15 is 0 Å². The predicted molar refractivity (Wildman–Crippen MR) is 96.1 cm³/mol. The third-order valence-electron chi connectivity index (χ3n) is 3.58. The van der Waals surface area contributed by atoms with Crippen molar-refractivity contribution < 1.29 is 14.3 Å². The van der Waals surface area contributed by atoms with Gasteiger partial charge in [0.1, 0.15) is 6.61 Å². The molecule has 2 aromatic carbocycles. The van der Waals surface area contributed by atoms with E-state index < -0.39 is 14.2 Å². The molecule has 0 aliphatic carbocycles. The van der Waals surface area contributed by atoms with E-state index in [4.69, 9.17) is 4.74 Å². The molecule has 3 nitrogen and oxygen atoms in total. The van der Waals surface area contributed by atoms with E-state index in [2.05, 4.69) is 42.6 Å². The summed E-state index contributed by atoms with van der Waals surface area (Å²) in [6.45, 7) is 7.28. The summed E-state index contributed by atoms with van der Waals surface area (Å²) >= 11 is 0. The van der Waals surface area contributed by atoms with E-state index in [1.54, 1.807) is 0 Å². The Hall–Kier alpha value is -2.07. The quantitative estimate of drug-likeness (QED) is 0.569. The number of methoxy groups -OCH3 is 1. The van der Waals surface area contributed by atoms with Crippen molar-refractivity contribution in [3.05, 3.63) is 59.7 Å². The average molecular weight is 328 g/mol. The summed E-state index contributed by atoms with van der Waals surface area (Å²) in [4.78, 5) is 11.3. The van der Waals surface area contributed by atoms with Gasteiger partial charge in [0, 0.05) is 8.07 Å². The highest BCUT2D eigenvalue weighted by Crippen LogP contribution is 2.29. The van der Waals surface area contributed by atoms with Crippen LogP contribution in [0.5, 0.6) is 0 Å². The Kier molecular flexibility index (Phi) is 5.61. The highest BCUT2D eigenvalue weighted by Gasteiger charge is 2.20. The van der Waals surface area contributed by atoms with E-state index in [0.717, 1.165) is 11.6 Å². The van der Waals surface area contributed by atoms with Crippen LogP contribution in [0.25, 0.3) is 11.1 Å². The zero-order chi connectivity index (χ0) is 16.9. The van der Waals surface area contributed by atoms with Crippen LogP contribution in [0.2, 0.25) is 19.6 Å². The third-order valence-corrected chi connectivity index (χ3v) is 4.99. The van der Waals surface area contributed by atoms with Gasteiger partial charge in [-0.15, -0.1) is 0 Å². The fourth-order valence-corrected chi connectivity index (χ4v) is 4.07. The second-order valence-electron chi connectivity index (χ2n) is 6.79. The standard InChI is InChI=1S/C19H24O3Si/c1-21-19(20)22-13-16-11-8-12-17(15-9-6-5-7-10-15)18(16)14-23(2,3)4/h5-12H,13-14H2,1-4H3. The summed E-state index contributed by atoms with van der Waals surface area (Å²) < 4.78 is 9.75. The number of benzene rings is 2. The Labute approximate surface area is 139 Å². The molecule has 2 aromatic rings. The van der Waals surface area contributed by atoms with Crippen molar-refractivity contribution in [1.29, 1.82) is 0 Å². The maximum atomic E-state index is 11.3.